The molecule has 3 aromatic rings. The van der Waals surface area contributed by atoms with Crippen molar-refractivity contribution in [2.45, 2.75) is 78.6 Å². The number of anilines is 1. The van der Waals surface area contributed by atoms with Crippen LogP contribution in [0.5, 0.6) is 5.75 Å². The van der Waals surface area contributed by atoms with E-state index in [0.29, 0.717) is 64.6 Å². The molecule has 2 N–H and O–H groups in total. The van der Waals surface area contributed by atoms with Gasteiger partial charge in [0, 0.05) is 43.5 Å². The number of nitrogens with zero attached hydrogens (tertiary/aromatic N) is 4. The topological polar surface area (TPSA) is 83.8 Å². The van der Waals surface area contributed by atoms with Gasteiger partial charge in [0.15, 0.2) is 5.96 Å². The highest BCUT2D eigenvalue weighted by Gasteiger charge is 2.56. The zero-order valence-electron chi connectivity index (χ0n) is 26.2. The number of fused-ring (bicyclic) bond motifs is 3. The Labute approximate surface area is 253 Å². The van der Waals surface area contributed by atoms with Crippen LogP contribution < -0.4 is 20.9 Å². The third-order valence-corrected chi connectivity index (χ3v) is 10.4. The maximum Gasteiger partial charge on any atom is 0.261 e. The number of methoxy groups -OCH3 is 1. The summed E-state index contributed by atoms with van der Waals surface area (Å²) >= 11 is 0. The predicted octanol–water partition coefficient (Wildman–Crippen LogP) is 5.31. The highest BCUT2D eigenvalue weighted by molar-refractivity contribution is 5.96. The van der Waals surface area contributed by atoms with Gasteiger partial charge in [-0.2, -0.15) is 0 Å². The second-order valence-corrected chi connectivity index (χ2v) is 13.7. The quantitative estimate of drug-likeness (QED) is 0.300. The van der Waals surface area contributed by atoms with Crippen LogP contribution in [-0.4, -0.2) is 58.7 Å². The summed E-state index contributed by atoms with van der Waals surface area (Å²) in [5.74, 6) is 3.03. The maximum absolute atomic E-state index is 14.4. The molecule has 3 aliphatic carbocycles. The first-order valence-electron chi connectivity index (χ1n) is 15.7. The molecule has 230 valence electrons. The fourth-order valence-corrected chi connectivity index (χ4v) is 7.77. The van der Waals surface area contributed by atoms with Crippen LogP contribution in [0.4, 0.5) is 10.1 Å². The molecule has 2 bridgehead atoms. The molecule has 3 saturated carbocycles. The first kappa shape index (κ1) is 29.6. The minimum absolute atomic E-state index is 0.137. The largest absolute Gasteiger partial charge is 0.497 e. The zero-order valence-corrected chi connectivity index (χ0v) is 26.2. The van der Waals surface area contributed by atoms with Crippen LogP contribution >= 0.6 is 0 Å². The van der Waals surface area contributed by atoms with Crippen molar-refractivity contribution in [1.82, 2.24) is 19.8 Å². The molecule has 43 heavy (non-hydrogen) atoms. The van der Waals surface area contributed by atoms with Crippen molar-refractivity contribution in [3.8, 4) is 5.75 Å². The number of hydrogen-bond acceptors (Lipinski definition) is 5. The van der Waals surface area contributed by atoms with Crippen LogP contribution in [0.3, 0.4) is 0 Å². The van der Waals surface area contributed by atoms with Crippen molar-refractivity contribution >= 4 is 22.5 Å². The third-order valence-electron chi connectivity index (χ3n) is 10.4. The van der Waals surface area contributed by atoms with Crippen molar-refractivity contribution in [2.75, 3.05) is 25.5 Å². The van der Waals surface area contributed by atoms with E-state index >= 15 is 0 Å². The van der Waals surface area contributed by atoms with E-state index in [9.17, 15) is 9.18 Å². The van der Waals surface area contributed by atoms with Crippen LogP contribution in [0.25, 0.3) is 10.9 Å². The Morgan fingerprint density at radius 3 is 2.58 bits per heavy atom. The minimum atomic E-state index is -0.342. The lowest BCUT2D eigenvalue weighted by Crippen LogP contribution is -2.59. The molecule has 8 nitrogen and oxygen atoms in total. The molecule has 0 radical (unpaired) electrons. The number of halogens is 1. The normalized spacial score (nSPS) is 28.4. The van der Waals surface area contributed by atoms with Gasteiger partial charge < -0.3 is 20.3 Å². The average molecular weight is 589 g/mol. The molecule has 2 aromatic carbocycles. The number of nitrogens with one attached hydrogen (secondary N) is 2. The van der Waals surface area contributed by atoms with Crippen LogP contribution in [0.15, 0.2) is 52.5 Å². The molecule has 0 spiro atoms. The van der Waals surface area contributed by atoms with E-state index in [2.05, 4.69) is 55.1 Å². The van der Waals surface area contributed by atoms with Crippen LogP contribution in [0.2, 0.25) is 0 Å². The average Bonchev–Trinajstić information content (AvgIpc) is 2.97. The molecule has 1 aliphatic heterocycles. The van der Waals surface area contributed by atoms with Gasteiger partial charge in [0.25, 0.3) is 5.56 Å². The molecule has 0 unspecified atom stereocenters. The summed E-state index contributed by atoms with van der Waals surface area (Å²) < 4.78 is 21.1. The molecule has 6 atom stereocenters. The van der Waals surface area contributed by atoms with Crippen molar-refractivity contribution in [3.05, 3.63) is 64.5 Å². The van der Waals surface area contributed by atoms with E-state index < -0.39 is 0 Å². The summed E-state index contributed by atoms with van der Waals surface area (Å²) in [7, 11) is 1.51. The monoisotopic (exact) mass is 588 g/mol. The fourth-order valence-electron chi connectivity index (χ4n) is 7.77. The number of rotatable bonds is 6. The molecule has 7 rings (SSSR count). The summed E-state index contributed by atoms with van der Waals surface area (Å²) in [6.45, 7) is 13.7. The number of ether oxygens (including phenoxy) is 1. The second-order valence-electron chi connectivity index (χ2n) is 13.7. The Hall–Kier alpha value is -3.46. The van der Waals surface area contributed by atoms with Crippen LogP contribution in [0, 0.1) is 29.0 Å². The molecule has 9 heteroatoms. The van der Waals surface area contributed by atoms with Crippen LogP contribution in [0.1, 0.15) is 53.0 Å². The first-order valence-corrected chi connectivity index (χ1v) is 15.7. The number of aryl methyl sites for hydroxylation is 2. The first-order chi connectivity index (χ1) is 20.5. The molecular weight excluding hydrogens is 543 g/mol. The van der Waals surface area contributed by atoms with Gasteiger partial charge >= 0.3 is 0 Å². The third kappa shape index (κ3) is 5.76. The Morgan fingerprint density at radius 2 is 1.91 bits per heavy atom. The predicted molar refractivity (Wildman–Crippen MR) is 170 cm³/mol. The van der Waals surface area contributed by atoms with Crippen LogP contribution in [-0.2, 0) is 13.0 Å². The van der Waals surface area contributed by atoms with Gasteiger partial charge in [0.05, 0.1) is 30.4 Å². The van der Waals surface area contributed by atoms with Gasteiger partial charge in [-0.1, -0.05) is 26.8 Å². The molecule has 2 heterocycles. The molecular formula is C34H45FN6O2. The zero-order chi connectivity index (χ0) is 30.5. The molecule has 4 fully saturated rings. The summed E-state index contributed by atoms with van der Waals surface area (Å²) in [6, 6.07) is 11.5. The summed E-state index contributed by atoms with van der Waals surface area (Å²) in [5.41, 5.74) is 2.30. The highest BCUT2D eigenvalue weighted by atomic mass is 19.1. The van der Waals surface area contributed by atoms with Crippen molar-refractivity contribution in [2.24, 2.45) is 28.2 Å². The van der Waals surface area contributed by atoms with E-state index in [4.69, 9.17) is 9.73 Å². The summed E-state index contributed by atoms with van der Waals surface area (Å²) in [6.07, 6.45) is 4.39. The number of guanidine groups is 1. The molecule has 1 saturated heterocycles. The van der Waals surface area contributed by atoms with Crippen molar-refractivity contribution in [3.63, 3.8) is 0 Å². The Morgan fingerprint density at radius 1 is 1.14 bits per heavy atom. The number of hydrogen-bond donors (Lipinski definition) is 2. The standard InChI is InChI=1S/C34H45FN6O2/c1-20-17-41(18-21(2)37-20)33(39-30-14-24-13-28(22(30)3)34(24,4)5)38-25-8-10-27-31(15-25)36-19-40(32(27)42)12-11-23-7-9-26(43-6)16-29(23)35/h7-10,15-16,19-22,24,28,30,37H,11-14,17-18H2,1-6H3,(H,38,39)/t20-,21+,22-,24-,28+,30+/m0/s1. The van der Waals surface area contributed by atoms with E-state index in [1.807, 2.05) is 18.2 Å². The lowest BCUT2D eigenvalue weighted by Gasteiger charge is -2.61. The lowest BCUT2D eigenvalue weighted by atomic mass is 9.45. The van der Waals surface area contributed by atoms with Gasteiger partial charge in [-0.3, -0.25) is 9.36 Å². The SMILES string of the molecule is COc1ccc(CCn2cnc3cc(NC(=N[C@@H]4C[C@@H]5C[C@H]([C@@H]4C)C5(C)C)N4C[C@@H](C)N[C@@H](C)C4)ccc3c2=O)c(F)c1. The molecule has 0 amide bonds. The Bertz CT molecular complexity index is 1570. The number of aliphatic imine (C=N–C) groups is 1. The minimum Gasteiger partial charge on any atom is -0.497 e. The van der Waals surface area contributed by atoms with Gasteiger partial charge in [-0.25, -0.2) is 14.4 Å². The second kappa shape index (κ2) is 11.6. The maximum atomic E-state index is 14.4. The van der Waals surface area contributed by atoms with Crippen molar-refractivity contribution < 1.29 is 9.13 Å². The van der Waals surface area contributed by atoms with E-state index in [1.54, 1.807) is 23.0 Å². The molecule has 1 aromatic heterocycles. The highest BCUT2D eigenvalue weighted by Crippen LogP contribution is 2.61. The van der Waals surface area contributed by atoms with Gasteiger partial charge in [-0.05, 0) is 86.1 Å². The van der Waals surface area contributed by atoms with Gasteiger partial charge in [0.2, 0.25) is 0 Å². The summed E-state index contributed by atoms with van der Waals surface area (Å²) in [5, 5.41) is 7.81. The Balaban J connectivity index is 1.23. The smallest absolute Gasteiger partial charge is 0.261 e. The number of benzene rings is 2. The van der Waals surface area contributed by atoms with Gasteiger partial charge in [-0.15, -0.1) is 0 Å². The summed E-state index contributed by atoms with van der Waals surface area (Å²) in [4.78, 5) is 25.7. The fraction of sp³-hybridized carbons (Fsp3) is 0.559. The van der Waals surface area contributed by atoms with Gasteiger partial charge in [0.1, 0.15) is 11.6 Å². The van der Waals surface area contributed by atoms with E-state index in [0.717, 1.165) is 43.0 Å². The lowest BCUT2D eigenvalue weighted by molar-refractivity contribution is -0.108. The van der Waals surface area contributed by atoms with E-state index in [-0.39, 0.29) is 11.4 Å². The van der Waals surface area contributed by atoms with E-state index in [1.165, 1.54) is 19.6 Å². The number of aromatic nitrogens is 2. The Kier molecular flexibility index (Phi) is 7.96. The number of piperazine rings is 1. The van der Waals surface area contributed by atoms with Crippen molar-refractivity contribution in [1.29, 1.82) is 0 Å². The molecule has 4 aliphatic rings.